The Morgan fingerprint density at radius 2 is 1.88 bits per heavy atom. The predicted molar refractivity (Wildman–Crippen MR) is 104 cm³/mol. The zero-order valence-corrected chi connectivity index (χ0v) is 16.3. The Labute approximate surface area is 161 Å². The lowest BCUT2D eigenvalue weighted by molar-refractivity contribution is 0.0716. The maximum absolute atomic E-state index is 14.0. The van der Waals surface area contributed by atoms with Gasteiger partial charge in [-0.1, -0.05) is 50.3 Å². The molecule has 2 aromatic carbocycles. The van der Waals surface area contributed by atoms with Crippen LogP contribution in [0.2, 0.25) is 0 Å². The quantitative estimate of drug-likeness (QED) is 0.429. The fourth-order valence-electron chi connectivity index (χ4n) is 2.19. The van der Waals surface area contributed by atoms with E-state index in [1.165, 1.54) is 12.1 Å². The lowest BCUT2D eigenvalue weighted by Crippen LogP contribution is -2.16. The van der Waals surface area contributed by atoms with Gasteiger partial charge in [0.2, 0.25) is 0 Å². The van der Waals surface area contributed by atoms with Crippen molar-refractivity contribution in [3.05, 3.63) is 82.9 Å². The Bertz CT molecular complexity index is 767. The lowest BCUT2D eigenvalue weighted by atomic mass is 9.94. The molecule has 0 bridgehead atoms. The molecule has 26 heavy (non-hydrogen) atoms. The molecular weight excluding hydrogens is 402 g/mol. The molecule has 0 spiro atoms. The van der Waals surface area contributed by atoms with Gasteiger partial charge in [-0.3, -0.25) is 0 Å². The van der Waals surface area contributed by atoms with Gasteiger partial charge in [-0.25, -0.2) is 4.39 Å². The third-order valence-corrected chi connectivity index (χ3v) is 3.74. The fraction of sp³-hybridized carbons (Fsp3) is 0.238. The molecule has 0 saturated heterocycles. The first-order chi connectivity index (χ1) is 12.4. The number of allylic oxidation sites excluding steroid dienone is 2. The van der Waals surface area contributed by atoms with Crippen molar-refractivity contribution in [1.82, 2.24) is 0 Å². The molecule has 0 aliphatic carbocycles. The van der Waals surface area contributed by atoms with E-state index >= 15 is 0 Å². The van der Waals surface area contributed by atoms with Gasteiger partial charge in [0, 0.05) is 5.41 Å². The zero-order chi connectivity index (χ0) is 19.0. The smallest absolute Gasteiger partial charge is 0.165 e. The summed E-state index contributed by atoms with van der Waals surface area (Å²) in [4.78, 5) is 0. The molecule has 0 aliphatic heterocycles. The van der Waals surface area contributed by atoms with E-state index in [2.05, 4.69) is 15.9 Å². The highest BCUT2D eigenvalue weighted by Crippen LogP contribution is 2.26. The van der Waals surface area contributed by atoms with Crippen LogP contribution in [0.15, 0.2) is 71.5 Å². The molecule has 0 fully saturated rings. The van der Waals surface area contributed by atoms with Gasteiger partial charge in [0.15, 0.2) is 16.3 Å². The molecule has 2 nitrogen and oxygen atoms in total. The van der Waals surface area contributed by atoms with E-state index in [1.807, 2.05) is 38.1 Å². The minimum Gasteiger partial charge on any atom is -0.454 e. The first kappa shape index (κ1) is 20.3. The summed E-state index contributed by atoms with van der Waals surface area (Å²) in [6.45, 7) is 4.73. The van der Waals surface area contributed by atoms with E-state index in [0.717, 1.165) is 5.56 Å². The number of para-hydroxylation sites is 1. The monoisotopic (exact) mass is 422 g/mol. The van der Waals surface area contributed by atoms with Gasteiger partial charge >= 0.3 is 0 Å². The molecule has 0 heterocycles. The van der Waals surface area contributed by atoms with E-state index in [9.17, 15) is 8.78 Å². The Balaban J connectivity index is 1.95. The van der Waals surface area contributed by atoms with Crippen LogP contribution in [0.25, 0.3) is 0 Å². The van der Waals surface area contributed by atoms with Crippen molar-refractivity contribution < 1.29 is 18.3 Å². The fourth-order valence-corrected chi connectivity index (χ4v) is 2.35. The van der Waals surface area contributed by atoms with Crippen LogP contribution in [0.5, 0.6) is 11.5 Å². The second-order valence-corrected chi connectivity index (χ2v) is 7.23. The summed E-state index contributed by atoms with van der Waals surface area (Å²) in [5.74, 6) is 0.307. The van der Waals surface area contributed by atoms with Gasteiger partial charge in [-0.05, 0) is 51.8 Å². The van der Waals surface area contributed by atoms with Crippen molar-refractivity contribution in [2.45, 2.75) is 20.5 Å². The Kier molecular flexibility index (Phi) is 7.54. The van der Waals surface area contributed by atoms with Crippen molar-refractivity contribution >= 4 is 15.9 Å². The maximum atomic E-state index is 14.0. The van der Waals surface area contributed by atoms with Gasteiger partial charge in [0.1, 0.15) is 5.75 Å². The number of ether oxygens (including phenoxy) is 2. The van der Waals surface area contributed by atoms with E-state index in [0.29, 0.717) is 19.0 Å². The van der Waals surface area contributed by atoms with Crippen LogP contribution < -0.4 is 4.74 Å². The molecule has 0 aliphatic rings. The molecule has 0 amide bonds. The van der Waals surface area contributed by atoms with Crippen LogP contribution in [0, 0.1) is 11.2 Å². The second kappa shape index (κ2) is 9.64. The van der Waals surface area contributed by atoms with E-state index < -0.39 is 10.6 Å². The third-order valence-electron chi connectivity index (χ3n) is 3.48. The van der Waals surface area contributed by atoms with Crippen molar-refractivity contribution in [2.75, 3.05) is 6.61 Å². The van der Waals surface area contributed by atoms with Crippen LogP contribution in [0.4, 0.5) is 8.78 Å². The van der Waals surface area contributed by atoms with Crippen LogP contribution in [-0.2, 0) is 11.3 Å². The third kappa shape index (κ3) is 7.10. The highest BCUT2D eigenvalue weighted by atomic mass is 79.9. The minimum atomic E-state index is -0.428. The van der Waals surface area contributed by atoms with Crippen molar-refractivity contribution in [3.8, 4) is 11.5 Å². The van der Waals surface area contributed by atoms with Crippen LogP contribution in [0.3, 0.4) is 0 Å². The average Bonchev–Trinajstić information content (AvgIpc) is 2.58. The normalized spacial score (nSPS) is 12.6. The van der Waals surface area contributed by atoms with Gasteiger partial charge in [0.25, 0.3) is 0 Å². The summed E-state index contributed by atoms with van der Waals surface area (Å²) >= 11 is 2.73. The SMILES string of the molecule is CC(C)(C=CC=C(F)Br)COCc1ccc(F)c(Oc2ccccc2)c1. The lowest BCUT2D eigenvalue weighted by Gasteiger charge is -2.20. The number of benzene rings is 2. The van der Waals surface area contributed by atoms with Crippen LogP contribution in [-0.4, -0.2) is 6.61 Å². The number of rotatable bonds is 8. The topological polar surface area (TPSA) is 18.5 Å². The Morgan fingerprint density at radius 1 is 1.15 bits per heavy atom. The summed E-state index contributed by atoms with van der Waals surface area (Å²) in [5, 5.41) is 0. The summed E-state index contributed by atoms with van der Waals surface area (Å²) in [6, 6.07) is 13.7. The minimum absolute atomic E-state index is 0.161. The molecule has 0 aromatic heterocycles. The Hall–Kier alpha value is -1.98. The number of halogens is 3. The molecule has 2 rings (SSSR count). The van der Waals surface area contributed by atoms with Gasteiger partial charge in [0.05, 0.1) is 13.2 Å². The molecular formula is C21H21BrF2O2. The van der Waals surface area contributed by atoms with Crippen molar-refractivity contribution in [3.63, 3.8) is 0 Å². The van der Waals surface area contributed by atoms with E-state index in [4.69, 9.17) is 9.47 Å². The molecule has 2 aromatic rings. The summed E-state index contributed by atoms with van der Waals surface area (Å²) in [5.41, 5.74) is 0.547. The molecule has 138 valence electrons. The molecule has 0 atom stereocenters. The maximum Gasteiger partial charge on any atom is 0.165 e. The summed E-state index contributed by atoms with van der Waals surface area (Å²) in [7, 11) is 0. The summed E-state index contributed by atoms with van der Waals surface area (Å²) in [6.07, 6.45) is 4.83. The van der Waals surface area contributed by atoms with E-state index in [1.54, 1.807) is 30.3 Å². The van der Waals surface area contributed by atoms with Gasteiger partial charge < -0.3 is 9.47 Å². The number of hydrogen-bond acceptors (Lipinski definition) is 2. The van der Waals surface area contributed by atoms with Crippen LogP contribution >= 0.6 is 15.9 Å². The second-order valence-electron chi connectivity index (χ2n) is 6.48. The Morgan fingerprint density at radius 3 is 2.58 bits per heavy atom. The molecule has 0 saturated carbocycles. The first-order valence-electron chi connectivity index (χ1n) is 8.15. The largest absolute Gasteiger partial charge is 0.454 e. The molecule has 0 radical (unpaired) electrons. The molecule has 0 unspecified atom stereocenters. The standard InChI is InChI=1S/C21H21BrF2O2/c1-21(2,12-6-9-20(22)24)15-25-14-16-10-11-18(23)19(13-16)26-17-7-4-3-5-8-17/h3-13H,14-15H2,1-2H3. The number of hydrogen-bond donors (Lipinski definition) is 0. The molecule has 0 N–H and O–H groups in total. The predicted octanol–water partition coefficient (Wildman–Crippen LogP) is 6.92. The highest BCUT2D eigenvalue weighted by molar-refractivity contribution is 9.11. The molecule has 5 heteroatoms. The van der Waals surface area contributed by atoms with Crippen molar-refractivity contribution in [2.24, 2.45) is 5.41 Å². The van der Waals surface area contributed by atoms with Gasteiger partial charge in [-0.15, -0.1) is 0 Å². The van der Waals surface area contributed by atoms with Crippen molar-refractivity contribution in [1.29, 1.82) is 0 Å². The van der Waals surface area contributed by atoms with E-state index in [-0.39, 0.29) is 11.2 Å². The van der Waals surface area contributed by atoms with Gasteiger partial charge in [-0.2, -0.15) is 4.39 Å². The highest BCUT2D eigenvalue weighted by Gasteiger charge is 2.14. The summed E-state index contributed by atoms with van der Waals surface area (Å²) < 4.78 is 37.5. The zero-order valence-electron chi connectivity index (χ0n) is 14.7. The average molecular weight is 423 g/mol. The first-order valence-corrected chi connectivity index (χ1v) is 8.95. The van der Waals surface area contributed by atoms with Crippen LogP contribution in [0.1, 0.15) is 19.4 Å².